The third-order valence-electron chi connectivity index (χ3n) is 5.95. The minimum absolute atomic E-state index is 0.0805. The first-order valence-electron chi connectivity index (χ1n) is 13.7. The molecule has 6 atom stereocenters. The highest BCUT2D eigenvalue weighted by molar-refractivity contribution is 7.85. The van der Waals surface area contributed by atoms with Crippen molar-refractivity contribution in [3.8, 4) is 0 Å². The Balaban J connectivity index is 1.94. The van der Waals surface area contributed by atoms with E-state index in [0.29, 0.717) is 4.90 Å². The molecule has 1 aliphatic rings. The molecule has 1 saturated heterocycles. The number of benzene rings is 2. The second-order valence-electron chi connectivity index (χ2n) is 10.8. The monoisotopic (exact) mass is 632 g/mol. The van der Waals surface area contributed by atoms with E-state index in [9.17, 15) is 28.2 Å². The van der Waals surface area contributed by atoms with Gasteiger partial charge in [0.05, 0.1) is 22.1 Å². The molecule has 1 heterocycles. The van der Waals surface area contributed by atoms with Gasteiger partial charge in [-0.05, 0) is 45.0 Å². The second-order valence-corrected chi connectivity index (χ2v) is 12.3. The average Bonchev–Trinajstić information content (AvgIpc) is 2.92. The predicted octanol–water partition coefficient (Wildman–Crippen LogP) is 3.09. The van der Waals surface area contributed by atoms with E-state index >= 15 is 0 Å². The lowest BCUT2D eigenvalue weighted by atomic mass is 9.98. The Morgan fingerprint density at radius 2 is 1.34 bits per heavy atom. The molecule has 44 heavy (non-hydrogen) atoms. The van der Waals surface area contributed by atoms with Crippen LogP contribution in [0.3, 0.4) is 0 Å². The summed E-state index contributed by atoms with van der Waals surface area (Å²) >= 11 is 0. The highest BCUT2D eigenvalue weighted by Crippen LogP contribution is 2.32. The molecule has 0 spiro atoms. The summed E-state index contributed by atoms with van der Waals surface area (Å²) in [6, 6.07) is 14.4. The first-order chi connectivity index (χ1) is 20.7. The van der Waals surface area contributed by atoms with Crippen molar-refractivity contribution >= 4 is 46.4 Å². The number of hydrogen-bond donors (Lipinski definition) is 2. The quantitative estimate of drug-likeness (QED) is 0.307. The molecule has 13 nitrogen and oxygen atoms in total. The van der Waals surface area contributed by atoms with Crippen LogP contribution in [0.5, 0.6) is 0 Å². The van der Waals surface area contributed by atoms with Crippen LogP contribution in [0.4, 0.5) is 10.5 Å². The maximum absolute atomic E-state index is 13.7. The Bertz CT molecular complexity index is 1390. The first-order valence-corrected chi connectivity index (χ1v) is 14.9. The summed E-state index contributed by atoms with van der Waals surface area (Å²) in [5, 5.41) is 5.21. The molecule has 0 saturated carbocycles. The first kappa shape index (κ1) is 34.2. The van der Waals surface area contributed by atoms with Crippen molar-refractivity contribution in [2.75, 3.05) is 11.9 Å². The lowest BCUT2D eigenvalue weighted by Crippen LogP contribution is -2.64. The van der Waals surface area contributed by atoms with Crippen LogP contribution in [0.2, 0.25) is 0 Å². The van der Waals surface area contributed by atoms with Crippen LogP contribution < -0.4 is 10.6 Å². The molecule has 2 N–H and O–H groups in total. The van der Waals surface area contributed by atoms with Crippen LogP contribution in [0.1, 0.15) is 51.9 Å². The smallest absolute Gasteiger partial charge is 0.412 e. The van der Waals surface area contributed by atoms with E-state index < -0.39 is 76.2 Å². The zero-order valence-corrected chi connectivity index (χ0v) is 26.0. The number of amides is 2. The summed E-state index contributed by atoms with van der Waals surface area (Å²) in [5.41, 5.74) is -1.92. The standard InChI is InChI=1S/C30H36N2O11S/c1-17(33)39-24-23(16-31-27(36)21-14-10-11-15-22(21)32-29(37)43-30(4,5)6)42-28(44(38)20-12-8-7-9-13-20)26(41-19(3)35)25(24)40-18(2)34/h7-15,23-26,28H,16H2,1-6H3,(H,31,36)(H,32,37)/t23-,24-,25+,26-,28+,44?/m1/s1. The number of carbonyl (C=O) groups is 5. The van der Waals surface area contributed by atoms with Gasteiger partial charge in [0.25, 0.3) is 5.91 Å². The van der Waals surface area contributed by atoms with E-state index in [2.05, 4.69) is 10.6 Å². The van der Waals surface area contributed by atoms with E-state index in [-0.39, 0.29) is 17.8 Å². The van der Waals surface area contributed by atoms with Gasteiger partial charge in [0.2, 0.25) is 0 Å². The van der Waals surface area contributed by atoms with Gasteiger partial charge < -0.3 is 29.0 Å². The number of hydrogen-bond acceptors (Lipinski definition) is 11. The molecule has 0 bridgehead atoms. The number of para-hydroxylation sites is 1. The predicted molar refractivity (Wildman–Crippen MR) is 157 cm³/mol. The summed E-state index contributed by atoms with van der Waals surface area (Å²) in [6.07, 6.45) is -6.24. The van der Waals surface area contributed by atoms with E-state index in [1.165, 1.54) is 12.1 Å². The molecule has 0 radical (unpaired) electrons. The molecule has 3 rings (SSSR count). The van der Waals surface area contributed by atoms with E-state index in [1.54, 1.807) is 63.2 Å². The van der Waals surface area contributed by atoms with Crippen molar-refractivity contribution in [3.05, 3.63) is 60.2 Å². The van der Waals surface area contributed by atoms with E-state index in [1.807, 2.05) is 0 Å². The topological polar surface area (TPSA) is 173 Å². The van der Waals surface area contributed by atoms with Gasteiger partial charge in [-0.2, -0.15) is 0 Å². The SMILES string of the molecule is CC(=O)O[C@@H]1[C@@H](OC(C)=O)[C@H](S(=O)c2ccccc2)O[C@H](CNC(=O)c2ccccc2NC(=O)OC(C)(C)C)[C@H]1OC(C)=O. The molecular weight excluding hydrogens is 596 g/mol. The summed E-state index contributed by atoms with van der Waals surface area (Å²) in [6.45, 7) is 8.11. The molecule has 1 fully saturated rings. The Morgan fingerprint density at radius 1 is 0.795 bits per heavy atom. The Hall–Kier alpha value is -4.30. The number of rotatable bonds is 9. The van der Waals surface area contributed by atoms with Crippen molar-refractivity contribution < 1.29 is 51.9 Å². The summed E-state index contributed by atoms with van der Waals surface area (Å²) in [4.78, 5) is 62.4. The summed E-state index contributed by atoms with van der Waals surface area (Å²) in [7, 11) is -1.97. The number of carbonyl (C=O) groups excluding carboxylic acids is 5. The fraction of sp³-hybridized carbons (Fsp3) is 0.433. The zero-order chi connectivity index (χ0) is 32.6. The molecule has 2 amide bonds. The number of esters is 3. The molecule has 1 unspecified atom stereocenters. The fourth-order valence-electron chi connectivity index (χ4n) is 4.37. The molecule has 1 aliphatic heterocycles. The molecule has 2 aromatic rings. The van der Waals surface area contributed by atoms with E-state index in [4.69, 9.17) is 23.7 Å². The van der Waals surface area contributed by atoms with Crippen LogP contribution in [-0.4, -0.2) is 76.1 Å². The highest BCUT2D eigenvalue weighted by Gasteiger charge is 2.53. The molecule has 14 heteroatoms. The fourth-order valence-corrected chi connectivity index (χ4v) is 5.76. The number of ether oxygens (including phenoxy) is 5. The molecule has 0 aromatic heterocycles. The molecule has 238 valence electrons. The van der Waals surface area contributed by atoms with Gasteiger partial charge in [-0.25, -0.2) is 4.79 Å². The van der Waals surface area contributed by atoms with Gasteiger partial charge in [-0.15, -0.1) is 0 Å². The van der Waals surface area contributed by atoms with Gasteiger partial charge in [0.15, 0.2) is 23.7 Å². The maximum atomic E-state index is 13.7. The lowest BCUT2D eigenvalue weighted by Gasteiger charge is -2.44. The number of nitrogens with one attached hydrogen (secondary N) is 2. The van der Waals surface area contributed by atoms with Crippen LogP contribution in [0, 0.1) is 0 Å². The zero-order valence-electron chi connectivity index (χ0n) is 25.2. The second kappa shape index (κ2) is 14.9. The van der Waals surface area contributed by atoms with Gasteiger partial charge >= 0.3 is 24.0 Å². The third kappa shape index (κ3) is 9.61. The van der Waals surface area contributed by atoms with Crippen molar-refractivity contribution in [2.24, 2.45) is 0 Å². The Kier molecular flexibility index (Phi) is 11.6. The van der Waals surface area contributed by atoms with Crippen LogP contribution >= 0.6 is 0 Å². The molecule has 0 aliphatic carbocycles. The molecule has 2 aromatic carbocycles. The van der Waals surface area contributed by atoms with Crippen molar-refractivity contribution in [2.45, 2.75) is 81.9 Å². The van der Waals surface area contributed by atoms with Crippen LogP contribution in [0.25, 0.3) is 0 Å². The summed E-state index contributed by atoms with van der Waals surface area (Å²) in [5.74, 6) is -2.99. The van der Waals surface area contributed by atoms with Crippen LogP contribution in [0.15, 0.2) is 59.5 Å². The van der Waals surface area contributed by atoms with E-state index in [0.717, 1.165) is 20.8 Å². The van der Waals surface area contributed by atoms with Crippen molar-refractivity contribution in [3.63, 3.8) is 0 Å². The van der Waals surface area contributed by atoms with Crippen LogP contribution in [-0.2, 0) is 48.9 Å². The number of anilines is 1. The minimum atomic E-state index is -1.97. The summed E-state index contributed by atoms with van der Waals surface area (Å²) < 4.78 is 41.5. The minimum Gasteiger partial charge on any atom is -0.456 e. The van der Waals surface area contributed by atoms with Crippen molar-refractivity contribution in [1.29, 1.82) is 0 Å². The Labute approximate surface area is 257 Å². The maximum Gasteiger partial charge on any atom is 0.412 e. The van der Waals surface area contributed by atoms with Crippen molar-refractivity contribution in [1.82, 2.24) is 5.32 Å². The molecular formula is C30H36N2O11S. The highest BCUT2D eigenvalue weighted by atomic mass is 32.2. The lowest BCUT2D eigenvalue weighted by molar-refractivity contribution is -0.231. The largest absolute Gasteiger partial charge is 0.456 e. The average molecular weight is 633 g/mol. The van der Waals surface area contributed by atoms with Gasteiger partial charge in [0.1, 0.15) is 11.7 Å². The van der Waals surface area contributed by atoms with Gasteiger partial charge in [0, 0.05) is 32.2 Å². The third-order valence-corrected chi connectivity index (χ3v) is 7.49. The Morgan fingerprint density at radius 3 is 1.93 bits per heavy atom. The van der Waals surface area contributed by atoms with Gasteiger partial charge in [-0.1, -0.05) is 30.3 Å². The normalized spacial score (nSPS) is 22.1. The van der Waals surface area contributed by atoms with Gasteiger partial charge in [-0.3, -0.25) is 28.7 Å².